The van der Waals surface area contributed by atoms with E-state index >= 15 is 0 Å². The van der Waals surface area contributed by atoms with Crippen LogP contribution in [0.1, 0.15) is 24.9 Å². The van der Waals surface area contributed by atoms with Gasteiger partial charge in [-0.3, -0.25) is 0 Å². The summed E-state index contributed by atoms with van der Waals surface area (Å²) >= 11 is 0. The molecule has 0 fully saturated rings. The molecule has 12 heavy (non-hydrogen) atoms. The van der Waals surface area contributed by atoms with Crippen LogP contribution in [0.2, 0.25) is 0 Å². The van der Waals surface area contributed by atoms with Crippen molar-refractivity contribution in [2.24, 2.45) is 5.73 Å². The van der Waals surface area contributed by atoms with E-state index in [1.54, 1.807) is 12.1 Å². The Balaban J connectivity index is 2.96. The molecule has 1 atom stereocenters. The molecule has 1 rings (SSSR count). The van der Waals surface area contributed by atoms with Crippen molar-refractivity contribution < 1.29 is 5.11 Å². The maximum absolute atomic E-state index is 9.26. The molecule has 0 aliphatic heterocycles. The quantitative estimate of drug-likeness (QED) is 0.459. The standard InChI is InChI=1S/C9H14N2O/c1-2-7(10)6-3-4-8(11)9(12)5-6/h3-5,7,12H,2,10-11H2,1H3. The minimum atomic E-state index is -0.0171. The number of anilines is 1. The van der Waals surface area contributed by atoms with Gasteiger partial charge in [-0.15, -0.1) is 0 Å². The van der Waals surface area contributed by atoms with Gasteiger partial charge in [0.1, 0.15) is 5.75 Å². The van der Waals surface area contributed by atoms with Crippen molar-refractivity contribution in [2.45, 2.75) is 19.4 Å². The number of nitrogen functional groups attached to an aromatic ring is 1. The van der Waals surface area contributed by atoms with E-state index in [0.29, 0.717) is 5.69 Å². The number of phenols is 1. The van der Waals surface area contributed by atoms with Crippen LogP contribution < -0.4 is 11.5 Å². The summed E-state index contributed by atoms with van der Waals surface area (Å²) in [5.74, 6) is 0.108. The maximum Gasteiger partial charge on any atom is 0.138 e. The summed E-state index contributed by atoms with van der Waals surface area (Å²) in [4.78, 5) is 0. The van der Waals surface area contributed by atoms with Crippen LogP contribution in [-0.4, -0.2) is 5.11 Å². The van der Waals surface area contributed by atoms with Crippen molar-refractivity contribution in [3.63, 3.8) is 0 Å². The fourth-order valence-electron chi connectivity index (χ4n) is 1.03. The van der Waals surface area contributed by atoms with Gasteiger partial charge >= 0.3 is 0 Å². The second kappa shape index (κ2) is 3.45. The largest absolute Gasteiger partial charge is 0.506 e. The van der Waals surface area contributed by atoms with Crippen LogP contribution in [0, 0.1) is 0 Å². The zero-order valence-electron chi connectivity index (χ0n) is 7.12. The lowest BCUT2D eigenvalue weighted by Gasteiger charge is -2.09. The summed E-state index contributed by atoms with van der Waals surface area (Å²) in [7, 11) is 0. The number of hydrogen-bond acceptors (Lipinski definition) is 3. The van der Waals surface area contributed by atoms with E-state index in [1.807, 2.05) is 13.0 Å². The molecule has 5 N–H and O–H groups in total. The Morgan fingerprint density at radius 2 is 2.17 bits per heavy atom. The smallest absolute Gasteiger partial charge is 0.138 e. The fourth-order valence-corrected chi connectivity index (χ4v) is 1.03. The molecule has 0 amide bonds. The van der Waals surface area contributed by atoms with Crippen LogP contribution >= 0.6 is 0 Å². The Morgan fingerprint density at radius 3 is 2.67 bits per heavy atom. The lowest BCUT2D eigenvalue weighted by molar-refractivity contribution is 0.476. The molecule has 1 aromatic rings. The van der Waals surface area contributed by atoms with Crippen molar-refractivity contribution in [1.82, 2.24) is 0 Å². The zero-order valence-corrected chi connectivity index (χ0v) is 7.12. The van der Waals surface area contributed by atoms with Crippen LogP contribution in [0.15, 0.2) is 18.2 Å². The Morgan fingerprint density at radius 1 is 1.50 bits per heavy atom. The first kappa shape index (κ1) is 8.87. The summed E-state index contributed by atoms with van der Waals surface area (Å²) in [6, 6.07) is 5.10. The van der Waals surface area contributed by atoms with E-state index in [1.165, 1.54) is 0 Å². The molecule has 0 spiro atoms. The van der Waals surface area contributed by atoms with Gasteiger partial charge in [0.15, 0.2) is 0 Å². The summed E-state index contributed by atoms with van der Waals surface area (Å²) in [5, 5.41) is 9.26. The number of hydrogen-bond donors (Lipinski definition) is 3. The van der Waals surface area contributed by atoms with Gasteiger partial charge in [0.05, 0.1) is 5.69 Å². The molecule has 1 aromatic carbocycles. The van der Waals surface area contributed by atoms with E-state index < -0.39 is 0 Å². The lowest BCUT2D eigenvalue weighted by Crippen LogP contribution is -2.08. The Labute approximate surface area is 72.0 Å². The van der Waals surface area contributed by atoms with Crippen molar-refractivity contribution >= 4 is 5.69 Å². The highest BCUT2D eigenvalue weighted by molar-refractivity contribution is 5.53. The molecule has 0 saturated heterocycles. The number of nitrogens with two attached hydrogens (primary N) is 2. The summed E-state index contributed by atoms with van der Waals surface area (Å²) in [6.45, 7) is 2.00. The summed E-state index contributed by atoms with van der Waals surface area (Å²) < 4.78 is 0. The first-order chi connectivity index (χ1) is 5.65. The molecular weight excluding hydrogens is 152 g/mol. The minimum absolute atomic E-state index is 0.0171. The molecule has 3 nitrogen and oxygen atoms in total. The van der Waals surface area contributed by atoms with E-state index in [-0.39, 0.29) is 11.8 Å². The second-order valence-corrected chi connectivity index (χ2v) is 2.83. The van der Waals surface area contributed by atoms with Gasteiger partial charge < -0.3 is 16.6 Å². The third-order valence-electron chi connectivity index (χ3n) is 1.92. The monoisotopic (exact) mass is 166 g/mol. The van der Waals surface area contributed by atoms with E-state index in [0.717, 1.165) is 12.0 Å². The van der Waals surface area contributed by atoms with E-state index in [2.05, 4.69) is 0 Å². The zero-order chi connectivity index (χ0) is 9.14. The topological polar surface area (TPSA) is 72.3 Å². The van der Waals surface area contributed by atoms with Crippen molar-refractivity contribution in [2.75, 3.05) is 5.73 Å². The van der Waals surface area contributed by atoms with Gasteiger partial charge in [0, 0.05) is 6.04 Å². The van der Waals surface area contributed by atoms with Crippen molar-refractivity contribution in [1.29, 1.82) is 0 Å². The normalized spacial score (nSPS) is 12.8. The molecule has 0 aliphatic carbocycles. The summed E-state index contributed by atoms with van der Waals surface area (Å²) in [5.41, 5.74) is 12.5. The van der Waals surface area contributed by atoms with Crippen LogP contribution in [0.3, 0.4) is 0 Å². The lowest BCUT2D eigenvalue weighted by atomic mass is 10.0. The first-order valence-corrected chi connectivity index (χ1v) is 3.99. The van der Waals surface area contributed by atoms with Crippen molar-refractivity contribution in [3.05, 3.63) is 23.8 Å². The molecule has 0 aromatic heterocycles. The van der Waals surface area contributed by atoms with Gasteiger partial charge in [-0.25, -0.2) is 0 Å². The molecule has 1 unspecified atom stereocenters. The van der Waals surface area contributed by atoms with Gasteiger partial charge in [0.25, 0.3) is 0 Å². The molecule has 0 aliphatic rings. The van der Waals surface area contributed by atoms with Gasteiger partial charge in [-0.05, 0) is 24.1 Å². The van der Waals surface area contributed by atoms with Crippen LogP contribution in [0.5, 0.6) is 5.75 Å². The Hall–Kier alpha value is -1.22. The highest BCUT2D eigenvalue weighted by Crippen LogP contribution is 2.24. The highest BCUT2D eigenvalue weighted by atomic mass is 16.3. The third-order valence-corrected chi connectivity index (χ3v) is 1.92. The molecule has 3 heteroatoms. The highest BCUT2D eigenvalue weighted by Gasteiger charge is 2.04. The number of benzene rings is 1. The maximum atomic E-state index is 9.26. The Kier molecular flexibility index (Phi) is 2.55. The van der Waals surface area contributed by atoms with Crippen LogP contribution in [-0.2, 0) is 0 Å². The minimum Gasteiger partial charge on any atom is -0.506 e. The second-order valence-electron chi connectivity index (χ2n) is 2.83. The average Bonchev–Trinajstić information content (AvgIpc) is 2.08. The summed E-state index contributed by atoms with van der Waals surface area (Å²) in [6.07, 6.45) is 0.851. The number of aromatic hydroxyl groups is 1. The molecule has 66 valence electrons. The van der Waals surface area contributed by atoms with Gasteiger partial charge in [0.2, 0.25) is 0 Å². The SMILES string of the molecule is CCC(N)c1ccc(N)c(O)c1. The molecule has 0 heterocycles. The molecule has 0 saturated carbocycles. The number of phenolic OH excluding ortho intramolecular Hbond substituents is 1. The van der Waals surface area contributed by atoms with Crippen LogP contribution in [0.4, 0.5) is 5.69 Å². The predicted octanol–water partition coefficient (Wildman–Crippen LogP) is 1.38. The molecule has 0 radical (unpaired) electrons. The fraction of sp³-hybridized carbons (Fsp3) is 0.333. The van der Waals surface area contributed by atoms with Crippen LogP contribution in [0.25, 0.3) is 0 Å². The average molecular weight is 166 g/mol. The Bertz CT molecular complexity index is 273. The molecular formula is C9H14N2O. The predicted molar refractivity (Wildman–Crippen MR) is 49.7 cm³/mol. The van der Waals surface area contributed by atoms with E-state index in [4.69, 9.17) is 11.5 Å². The van der Waals surface area contributed by atoms with Crippen molar-refractivity contribution in [3.8, 4) is 5.75 Å². The number of rotatable bonds is 2. The van der Waals surface area contributed by atoms with E-state index in [9.17, 15) is 5.11 Å². The third kappa shape index (κ3) is 1.68. The first-order valence-electron chi connectivity index (χ1n) is 3.99. The van der Waals surface area contributed by atoms with Gasteiger partial charge in [-0.1, -0.05) is 13.0 Å². The van der Waals surface area contributed by atoms with Gasteiger partial charge in [-0.2, -0.15) is 0 Å². The molecule has 0 bridgehead atoms.